The fraction of sp³-hybridized carbons (Fsp3) is 0.440. The van der Waals surface area contributed by atoms with Gasteiger partial charge in [0.2, 0.25) is 0 Å². The van der Waals surface area contributed by atoms with Crippen LogP contribution in [0.2, 0.25) is 0 Å². The van der Waals surface area contributed by atoms with Crippen LogP contribution in [0.3, 0.4) is 0 Å². The van der Waals surface area contributed by atoms with Crippen LogP contribution in [0.1, 0.15) is 45.0 Å². The molecule has 35 heavy (non-hydrogen) atoms. The van der Waals surface area contributed by atoms with E-state index in [9.17, 15) is 14.4 Å². The predicted octanol–water partition coefficient (Wildman–Crippen LogP) is 1.97. The van der Waals surface area contributed by atoms with E-state index in [1.807, 2.05) is 39.0 Å². The summed E-state index contributed by atoms with van der Waals surface area (Å²) >= 11 is 0. The Morgan fingerprint density at radius 1 is 1.06 bits per heavy atom. The van der Waals surface area contributed by atoms with Crippen molar-refractivity contribution >= 4 is 29.3 Å². The topological polar surface area (TPSA) is 123 Å². The van der Waals surface area contributed by atoms with Crippen molar-refractivity contribution in [2.75, 3.05) is 6.54 Å². The molecule has 0 amide bonds. The number of fused-ring (bicyclic) bond motifs is 1. The van der Waals surface area contributed by atoms with Gasteiger partial charge in [0.25, 0.3) is 5.56 Å². The zero-order valence-electron chi connectivity index (χ0n) is 21.1. The van der Waals surface area contributed by atoms with Gasteiger partial charge in [0.1, 0.15) is 17.2 Å². The van der Waals surface area contributed by atoms with Crippen LogP contribution in [-0.2, 0) is 30.7 Å². The SMILES string of the molecule is Cn1c(=O)c2c(nc(C=Cc3ccc(OC(CCCN)C(=O)OC(C)(C)C)cc3)n2C)n(C)c1=O. The summed E-state index contributed by atoms with van der Waals surface area (Å²) in [6, 6.07) is 7.23. The van der Waals surface area contributed by atoms with E-state index < -0.39 is 28.9 Å². The molecule has 1 unspecified atom stereocenters. The molecular formula is C25H33N5O5. The molecule has 2 N–H and O–H groups in total. The Hall–Kier alpha value is -3.66. The second-order valence-corrected chi connectivity index (χ2v) is 9.38. The number of aryl methyl sites for hydroxylation is 2. The van der Waals surface area contributed by atoms with Gasteiger partial charge in [0.05, 0.1) is 0 Å². The number of hydrogen-bond donors (Lipinski definition) is 1. The molecular weight excluding hydrogens is 450 g/mol. The summed E-state index contributed by atoms with van der Waals surface area (Å²) in [7, 11) is 4.76. The van der Waals surface area contributed by atoms with E-state index in [1.54, 1.807) is 36.9 Å². The van der Waals surface area contributed by atoms with Crippen molar-refractivity contribution in [3.05, 3.63) is 56.5 Å². The minimum Gasteiger partial charge on any atom is -0.479 e. The van der Waals surface area contributed by atoms with Crippen molar-refractivity contribution in [1.82, 2.24) is 18.7 Å². The van der Waals surface area contributed by atoms with Crippen LogP contribution >= 0.6 is 0 Å². The highest BCUT2D eigenvalue weighted by Crippen LogP contribution is 2.20. The van der Waals surface area contributed by atoms with E-state index in [1.165, 1.54) is 11.6 Å². The Labute approximate surface area is 203 Å². The molecule has 10 nitrogen and oxygen atoms in total. The van der Waals surface area contributed by atoms with Crippen LogP contribution < -0.4 is 21.7 Å². The molecule has 0 bridgehead atoms. The second-order valence-electron chi connectivity index (χ2n) is 9.38. The number of nitrogens with zero attached hydrogens (tertiary/aromatic N) is 4. The van der Waals surface area contributed by atoms with Crippen molar-refractivity contribution < 1.29 is 14.3 Å². The molecule has 1 aromatic carbocycles. The molecule has 0 saturated heterocycles. The largest absolute Gasteiger partial charge is 0.479 e. The summed E-state index contributed by atoms with van der Waals surface area (Å²) in [6.45, 7) is 5.89. The number of nitrogens with two attached hydrogens (primary N) is 1. The lowest BCUT2D eigenvalue weighted by Crippen LogP contribution is -2.37. The number of ether oxygens (including phenoxy) is 2. The Balaban J connectivity index is 1.80. The van der Waals surface area contributed by atoms with E-state index >= 15 is 0 Å². The molecule has 1 atom stereocenters. The molecule has 0 spiro atoms. The molecule has 2 heterocycles. The van der Waals surface area contributed by atoms with Gasteiger partial charge >= 0.3 is 11.7 Å². The van der Waals surface area contributed by atoms with E-state index in [0.717, 1.165) is 10.1 Å². The third-order valence-electron chi connectivity index (χ3n) is 5.43. The Kier molecular flexibility index (Phi) is 7.64. The first kappa shape index (κ1) is 26.0. The Morgan fingerprint density at radius 3 is 2.31 bits per heavy atom. The number of carbonyl (C=O) groups excluding carboxylic acids is 1. The summed E-state index contributed by atoms with van der Waals surface area (Å²) in [5, 5.41) is 0. The molecule has 3 aromatic rings. The highest BCUT2D eigenvalue weighted by atomic mass is 16.6. The third-order valence-corrected chi connectivity index (χ3v) is 5.43. The molecule has 2 aromatic heterocycles. The maximum Gasteiger partial charge on any atom is 0.347 e. The van der Waals surface area contributed by atoms with Gasteiger partial charge in [0.15, 0.2) is 17.3 Å². The molecule has 3 rings (SSSR count). The van der Waals surface area contributed by atoms with Gasteiger partial charge in [-0.05, 0) is 63.9 Å². The van der Waals surface area contributed by atoms with Crippen LogP contribution in [0, 0.1) is 0 Å². The number of imidazole rings is 1. The number of carbonyl (C=O) groups is 1. The van der Waals surface area contributed by atoms with Crippen LogP contribution in [0.25, 0.3) is 23.3 Å². The highest BCUT2D eigenvalue weighted by Gasteiger charge is 2.26. The van der Waals surface area contributed by atoms with Crippen LogP contribution in [0.4, 0.5) is 0 Å². The molecule has 0 radical (unpaired) electrons. The number of hydrogen-bond acceptors (Lipinski definition) is 7. The molecule has 10 heteroatoms. The Bertz CT molecular complexity index is 1360. The zero-order valence-corrected chi connectivity index (χ0v) is 21.1. The lowest BCUT2D eigenvalue weighted by molar-refractivity contribution is -0.163. The molecule has 188 valence electrons. The van der Waals surface area contributed by atoms with Crippen molar-refractivity contribution in [2.24, 2.45) is 26.9 Å². The first-order chi connectivity index (χ1) is 16.4. The van der Waals surface area contributed by atoms with Gasteiger partial charge in [-0.2, -0.15) is 0 Å². The number of aromatic nitrogens is 4. The molecule has 0 aliphatic carbocycles. The van der Waals surface area contributed by atoms with Crippen molar-refractivity contribution in [1.29, 1.82) is 0 Å². The summed E-state index contributed by atoms with van der Waals surface area (Å²) in [5.41, 5.74) is 5.72. The third kappa shape index (κ3) is 5.89. The average molecular weight is 484 g/mol. The van der Waals surface area contributed by atoms with E-state index in [-0.39, 0.29) is 0 Å². The van der Waals surface area contributed by atoms with Crippen LogP contribution in [-0.4, -0.2) is 42.9 Å². The quantitative estimate of drug-likeness (QED) is 0.486. The minimum atomic E-state index is -0.742. The first-order valence-electron chi connectivity index (χ1n) is 11.4. The van der Waals surface area contributed by atoms with Crippen molar-refractivity contribution in [2.45, 2.75) is 45.3 Å². The van der Waals surface area contributed by atoms with E-state index in [4.69, 9.17) is 15.2 Å². The normalized spacial score (nSPS) is 12.9. The lowest BCUT2D eigenvalue weighted by atomic mass is 10.1. The zero-order chi connectivity index (χ0) is 25.9. The molecule has 0 aliphatic rings. The van der Waals surface area contributed by atoms with Gasteiger partial charge in [-0.3, -0.25) is 13.9 Å². The fourth-order valence-electron chi connectivity index (χ4n) is 3.57. The van der Waals surface area contributed by atoms with Crippen molar-refractivity contribution in [3.63, 3.8) is 0 Å². The summed E-state index contributed by atoms with van der Waals surface area (Å²) in [4.78, 5) is 41.7. The smallest absolute Gasteiger partial charge is 0.347 e. The van der Waals surface area contributed by atoms with Gasteiger partial charge in [-0.15, -0.1) is 0 Å². The maximum atomic E-state index is 12.5. The van der Waals surface area contributed by atoms with Gasteiger partial charge < -0.3 is 19.8 Å². The van der Waals surface area contributed by atoms with Gasteiger partial charge in [-0.25, -0.2) is 14.6 Å². The second kappa shape index (κ2) is 10.3. The summed E-state index contributed by atoms with van der Waals surface area (Å²) in [6.07, 6.45) is 3.96. The lowest BCUT2D eigenvalue weighted by Gasteiger charge is -2.24. The number of benzene rings is 1. The number of rotatable bonds is 8. The first-order valence-corrected chi connectivity index (χ1v) is 11.4. The van der Waals surface area contributed by atoms with E-state index in [0.29, 0.717) is 42.1 Å². The van der Waals surface area contributed by atoms with Crippen LogP contribution in [0.15, 0.2) is 33.9 Å². The standard InChI is InChI=1S/C25H33N5O5/c1-25(2,3)35-23(32)18(8-7-15-26)34-17-12-9-16(10-13-17)11-14-19-27-21-20(28(19)4)22(31)30(6)24(33)29(21)5/h9-14,18H,7-8,15,26H2,1-6H3. The maximum absolute atomic E-state index is 12.5. The molecule has 0 fully saturated rings. The Morgan fingerprint density at radius 2 is 1.71 bits per heavy atom. The highest BCUT2D eigenvalue weighted by molar-refractivity contribution is 5.77. The van der Waals surface area contributed by atoms with E-state index in [2.05, 4.69) is 4.98 Å². The predicted molar refractivity (Wildman–Crippen MR) is 135 cm³/mol. The van der Waals surface area contributed by atoms with Crippen LogP contribution in [0.5, 0.6) is 5.75 Å². The molecule has 0 saturated carbocycles. The molecule has 0 aliphatic heterocycles. The number of esters is 1. The monoisotopic (exact) mass is 483 g/mol. The summed E-state index contributed by atoms with van der Waals surface area (Å²) in [5.74, 6) is 0.652. The van der Waals surface area contributed by atoms with Gasteiger partial charge in [-0.1, -0.05) is 18.2 Å². The summed E-state index contributed by atoms with van der Waals surface area (Å²) < 4.78 is 15.5. The van der Waals surface area contributed by atoms with Gasteiger partial charge in [0, 0.05) is 21.1 Å². The minimum absolute atomic E-state index is 0.328. The average Bonchev–Trinajstić information content (AvgIpc) is 3.13. The van der Waals surface area contributed by atoms with Crippen molar-refractivity contribution in [3.8, 4) is 5.75 Å². The fourth-order valence-corrected chi connectivity index (χ4v) is 3.57.